The van der Waals surface area contributed by atoms with E-state index in [0.717, 1.165) is 24.3 Å². The Morgan fingerprint density at radius 3 is 2.33 bits per heavy atom. The quantitative estimate of drug-likeness (QED) is 0.464. The van der Waals surface area contributed by atoms with Gasteiger partial charge in [0, 0.05) is 13.1 Å². The van der Waals surface area contributed by atoms with E-state index in [-0.39, 0.29) is 5.91 Å². The molecule has 2 aromatic carbocycles. The number of likely N-dealkylation sites (N-methyl/N-ethyl adjacent to an activating group) is 1. The first-order valence-corrected chi connectivity index (χ1v) is 11.0. The van der Waals surface area contributed by atoms with E-state index in [2.05, 4.69) is 18.7 Å². The van der Waals surface area contributed by atoms with Crippen LogP contribution in [0.3, 0.4) is 0 Å². The molecule has 0 aliphatic heterocycles. The van der Waals surface area contributed by atoms with E-state index in [0.29, 0.717) is 39.3 Å². The zero-order valence-electron chi connectivity index (χ0n) is 17.6. The molecule has 6 nitrogen and oxygen atoms in total. The summed E-state index contributed by atoms with van der Waals surface area (Å²) in [5, 5.41) is 1.01. The maximum absolute atomic E-state index is 13.5. The average Bonchev–Trinajstić information content (AvgIpc) is 3.21. The van der Waals surface area contributed by atoms with Crippen LogP contribution in [0.25, 0.3) is 10.2 Å². The molecular weight excluding hydrogens is 422 g/mol. The lowest BCUT2D eigenvalue weighted by Gasteiger charge is -2.25. The molecule has 0 unspecified atom stereocenters. The van der Waals surface area contributed by atoms with Crippen LogP contribution >= 0.6 is 22.9 Å². The Labute approximate surface area is 186 Å². The molecule has 0 saturated carbocycles. The van der Waals surface area contributed by atoms with Crippen LogP contribution in [-0.2, 0) is 0 Å². The number of hydrogen-bond acceptors (Lipinski definition) is 6. The molecule has 160 valence electrons. The van der Waals surface area contributed by atoms with Crippen LogP contribution in [0, 0.1) is 0 Å². The number of hydrogen-bond donors (Lipinski definition) is 0. The number of aromatic nitrogens is 1. The number of rotatable bonds is 9. The molecule has 0 bridgehead atoms. The number of carbonyl (C=O) groups is 1. The number of halogens is 1. The largest absolute Gasteiger partial charge is 0.495 e. The Balaban J connectivity index is 2.07. The Kier molecular flexibility index (Phi) is 7.53. The maximum atomic E-state index is 13.5. The predicted molar refractivity (Wildman–Crippen MR) is 124 cm³/mol. The van der Waals surface area contributed by atoms with Crippen molar-refractivity contribution in [3.8, 4) is 11.5 Å². The maximum Gasteiger partial charge on any atom is 0.261 e. The third-order valence-electron chi connectivity index (χ3n) is 5.01. The van der Waals surface area contributed by atoms with Crippen LogP contribution in [0.15, 0.2) is 36.4 Å². The second kappa shape index (κ2) is 10.1. The van der Waals surface area contributed by atoms with Gasteiger partial charge in [0.25, 0.3) is 5.91 Å². The van der Waals surface area contributed by atoms with Gasteiger partial charge in [-0.25, -0.2) is 4.98 Å². The van der Waals surface area contributed by atoms with Crippen molar-refractivity contribution >= 4 is 44.2 Å². The number of nitrogens with zero attached hydrogens (tertiary/aromatic N) is 3. The van der Waals surface area contributed by atoms with E-state index < -0.39 is 0 Å². The van der Waals surface area contributed by atoms with Gasteiger partial charge in [-0.05, 0) is 37.4 Å². The van der Waals surface area contributed by atoms with Crippen molar-refractivity contribution in [2.45, 2.75) is 13.8 Å². The van der Waals surface area contributed by atoms with Crippen molar-refractivity contribution < 1.29 is 14.3 Å². The van der Waals surface area contributed by atoms with Crippen molar-refractivity contribution in [2.24, 2.45) is 0 Å². The zero-order valence-corrected chi connectivity index (χ0v) is 19.2. The molecule has 3 aromatic rings. The van der Waals surface area contributed by atoms with Crippen LogP contribution < -0.4 is 14.4 Å². The molecule has 1 aromatic heterocycles. The minimum Gasteiger partial charge on any atom is -0.495 e. The molecule has 0 fully saturated rings. The molecule has 30 heavy (non-hydrogen) atoms. The van der Waals surface area contributed by atoms with Crippen molar-refractivity contribution in [2.75, 3.05) is 45.3 Å². The van der Waals surface area contributed by atoms with E-state index in [4.69, 9.17) is 26.1 Å². The molecule has 0 atom stereocenters. The molecule has 0 radical (unpaired) electrons. The summed E-state index contributed by atoms with van der Waals surface area (Å²) >= 11 is 7.74. The average molecular weight is 448 g/mol. The molecule has 0 saturated heterocycles. The normalized spacial score (nSPS) is 11.1. The molecule has 0 aliphatic carbocycles. The smallest absolute Gasteiger partial charge is 0.261 e. The number of methoxy groups -OCH3 is 2. The molecule has 1 heterocycles. The molecule has 0 spiro atoms. The summed E-state index contributed by atoms with van der Waals surface area (Å²) in [7, 11) is 3.22. The van der Waals surface area contributed by atoms with Gasteiger partial charge >= 0.3 is 0 Å². The topological polar surface area (TPSA) is 54.9 Å². The Morgan fingerprint density at radius 2 is 1.70 bits per heavy atom. The number of benzene rings is 2. The summed E-state index contributed by atoms with van der Waals surface area (Å²) < 4.78 is 11.8. The summed E-state index contributed by atoms with van der Waals surface area (Å²) in [6.07, 6.45) is 0. The number of carbonyl (C=O) groups excluding carboxylic acids is 1. The Hall–Kier alpha value is -2.35. The summed E-state index contributed by atoms with van der Waals surface area (Å²) in [6, 6.07) is 10.8. The first-order valence-electron chi connectivity index (χ1n) is 9.84. The molecule has 8 heteroatoms. The highest BCUT2D eigenvalue weighted by Gasteiger charge is 2.25. The fourth-order valence-corrected chi connectivity index (χ4v) is 4.55. The van der Waals surface area contributed by atoms with Crippen molar-refractivity contribution in [1.29, 1.82) is 0 Å². The highest BCUT2D eigenvalue weighted by atomic mass is 35.5. The first-order chi connectivity index (χ1) is 14.5. The van der Waals surface area contributed by atoms with Crippen molar-refractivity contribution in [3.63, 3.8) is 0 Å². The summed E-state index contributed by atoms with van der Waals surface area (Å²) in [5.74, 6) is 1.16. The second-order valence-electron chi connectivity index (χ2n) is 6.61. The van der Waals surface area contributed by atoms with Crippen LogP contribution in [0.5, 0.6) is 11.5 Å². The van der Waals surface area contributed by atoms with Gasteiger partial charge in [-0.1, -0.05) is 48.9 Å². The fourth-order valence-electron chi connectivity index (χ4n) is 3.24. The third kappa shape index (κ3) is 4.53. The van der Waals surface area contributed by atoms with E-state index >= 15 is 0 Å². The number of ether oxygens (including phenoxy) is 2. The SMILES string of the molecule is CCN(CC)CCN(C(=O)c1ccccc1Cl)c1nc2c(OC)ccc(OC)c2s1. The number of fused-ring (bicyclic) bond motifs is 1. The summed E-state index contributed by atoms with van der Waals surface area (Å²) in [6.45, 7) is 7.26. The van der Waals surface area contributed by atoms with E-state index in [9.17, 15) is 4.79 Å². The minimum atomic E-state index is -0.176. The minimum absolute atomic E-state index is 0.176. The third-order valence-corrected chi connectivity index (χ3v) is 6.44. The van der Waals surface area contributed by atoms with E-state index in [1.807, 2.05) is 24.3 Å². The van der Waals surface area contributed by atoms with E-state index in [1.165, 1.54) is 11.3 Å². The van der Waals surface area contributed by atoms with E-state index in [1.54, 1.807) is 31.3 Å². The van der Waals surface area contributed by atoms with Crippen molar-refractivity contribution in [3.05, 3.63) is 47.0 Å². The lowest BCUT2D eigenvalue weighted by Crippen LogP contribution is -2.39. The van der Waals surface area contributed by atoms with Gasteiger partial charge in [-0.2, -0.15) is 0 Å². The van der Waals surface area contributed by atoms with Gasteiger partial charge in [0.05, 0.1) is 24.8 Å². The second-order valence-corrected chi connectivity index (χ2v) is 7.99. The first kappa shape index (κ1) is 22.3. The molecule has 0 aliphatic rings. The zero-order chi connectivity index (χ0) is 21.7. The number of thiazole rings is 1. The highest BCUT2D eigenvalue weighted by Crippen LogP contribution is 2.40. The van der Waals surface area contributed by atoms with Gasteiger partial charge in [-0.15, -0.1) is 0 Å². The van der Waals surface area contributed by atoms with Gasteiger partial charge in [-0.3, -0.25) is 9.69 Å². The summed E-state index contributed by atoms with van der Waals surface area (Å²) in [5.41, 5.74) is 1.13. The van der Waals surface area contributed by atoms with Crippen molar-refractivity contribution in [1.82, 2.24) is 9.88 Å². The van der Waals surface area contributed by atoms with Gasteiger partial charge < -0.3 is 14.4 Å². The molecular formula is C22H26ClN3O3S. The van der Waals surface area contributed by atoms with Crippen LogP contribution in [0.1, 0.15) is 24.2 Å². The molecule has 1 amide bonds. The fraction of sp³-hybridized carbons (Fsp3) is 0.364. The summed E-state index contributed by atoms with van der Waals surface area (Å²) in [4.78, 5) is 22.2. The highest BCUT2D eigenvalue weighted by molar-refractivity contribution is 7.22. The predicted octanol–water partition coefficient (Wildman–Crippen LogP) is 4.96. The molecule has 3 rings (SSSR count). The van der Waals surface area contributed by atoms with Crippen LogP contribution in [-0.4, -0.2) is 56.2 Å². The van der Waals surface area contributed by atoms with Crippen LogP contribution in [0.4, 0.5) is 5.13 Å². The standard InChI is InChI=1S/C22H26ClN3O3S/c1-5-25(6-2)13-14-26(21(27)15-9-7-8-10-16(15)23)22-24-19-17(28-3)11-12-18(29-4)20(19)30-22/h7-12H,5-6,13-14H2,1-4H3. The van der Waals surface area contributed by atoms with Gasteiger partial charge in [0.1, 0.15) is 21.7 Å². The number of amides is 1. The lowest BCUT2D eigenvalue weighted by molar-refractivity contribution is 0.0984. The Morgan fingerprint density at radius 1 is 1.03 bits per heavy atom. The molecule has 0 N–H and O–H groups in total. The van der Waals surface area contributed by atoms with Gasteiger partial charge in [0.2, 0.25) is 0 Å². The lowest BCUT2D eigenvalue weighted by atomic mass is 10.2. The monoisotopic (exact) mass is 447 g/mol. The number of anilines is 1. The van der Waals surface area contributed by atoms with Crippen LogP contribution in [0.2, 0.25) is 5.02 Å². The van der Waals surface area contributed by atoms with Gasteiger partial charge in [0.15, 0.2) is 5.13 Å². The Bertz CT molecular complexity index is 979.